The number of amides is 2. The molecule has 0 spiro atoms. The van der Waals surface area contributed by atoms with Crippen LogP contribution in [0.4, 0.5) is 0 Å². The number of nitrogens with one attached hydrogen (secondary N) is 1. The van der Waals surface area contributed by atoms with Crippen LogP contribution in [0.25, 0.3) is 0 Å². The Hall–Kier alpha value is -5.62. The quantitative estimate of drug-likeness (QED) is 0.153. The number of methoxy groups -OCH3 is 2. The third-order valence-corrected chi connectivity index (χ3v) is 8.90. The molecule has 1 N–H and O–H groups in total. The van der Waals surface area contributed by atoms with Crippen molar-refractivity contribution in [3.63, 3.8) is 0 Å². The minimum absolute atomic E-state index is 0.0796. The lowest BCUT2D eigenvalue weighted by molar-refractivity contribution is -0.130. The zero-order valence-corrected chi connectivity index (χ0v) is 28.0. The molecule has 0 aliphatic carbocycles. The molecule has 49 heavy (non-hydrogen) atoms. The molecule has 1 atom stereocenters. The summed E-state index contributed by atoms with van der Waals surface area (Å²) in [7, 11) is 3.25. The Morgan fingerprint density at radius 1 is 0.816 bits per heavy atom. The molecular weight excluding hydrogens is 641 g/mol. The van der Waals surface area contributed by atoms with E-state index in [1.54, 1.807) is 31.4 Å². The number of thioether (sulfide) groups is 1. The number of hydrogen-bond acceptors (Lipinski definition) is 9. The third kappa shape index (κ3) is 8.46. The number of benzene rings is 4. The summed E-state index contributed by atoms with van der Waals surface area (Å²) in [5, 5.41) is 18.6. The third-order valence-electron chi connectivity index (χ3n) is 7.95. The maximum Gasteiger partial charge on any atom is 0.258 e. The maximum atomic E-state index is 13.9. The van der Waals surface area contributed by atoms with Gasteiger partial charge in [0.25, 0.3) is 11.8 Å². The van der Waals surface area contributed by atoms with Crippen molar-refractivity contribution in [3.8, 4) is 17.2 Å². The van der Waals surface area contributed by atoms with Crippen molar-refractivity contribution < 1.29 is 23.8 Å². The molecule has 0 radical (unpaired) electrons. The molecule has 250 valence electrons. The van der Waals surface area contributed by atoms with Gasteiger partial charge in [-0.25, -0.2) is 5.01 Å². The average Bonchev–Trinajstić information content (AvgIpc) is 3.77. The molecule has 4 aromatic carbocycles. The lowest BCUT2D eigenvalue weighted by Gasteiger charge is -2.22. The molecule has 2 amide bonds. The number of hydrazone groups is 1. The molecule has 11 nitrogen and oxygen atoms in total. The van der Waals surface area contributed by atoms with Gasteiger partial charge in [0.1, 0.15) is 17.2 Å². The molecule has 0 saturated carbocycles. The van der Waals surface area contributed by atoms with Crippen LogP contribution in [0.15, 0.2) is 119 Å². The van der Waals surface area contributed by atoms with E-state index in [0.29, 0.717) is 29.7 Å². The van der Waals surface area contributed by atoms with Crippen LogP contribution in [0.3, 0.4) is 0 Å². The number of aromatic nitrogens is 3. The van der Waals surface area contributed by atoms with Crippen molar-refractivity contribution in [2.75, 3.05) is 26.6 Å². The monoisotopic (exact) mass is 676 g/mol. The van der Waals surface area contributed by atoms with Gasteiger partial charge < -0.3 is 24.1 Å². The molecule has 5 aromatic rings. The molecule has 2 heterocycles. The zero-order valence-electron chi connectivity index (χ0n) is 27.2. The van der Waals surface area contributed by atoms with Crippen molar-refractivity contribution >= 4 is 29.3 Å². The van der Waals surface area contributed by atoms with Gasteiger partial charge in [-0.1, -0.05) is 72.4 Å². The number of ether oxygens (including phenoxy) is 3. The number of hydrogen-bond donors (Lipinski definition) is 1. The number of para-hydroxylation sites is 1. The van der Waals surface area contributed by atoms with E-state index in [1.807, 2.05) is 102 Å². The summed E-state index contributed by atoms with van der Waals surface area (Å²) in [6.45, 7) is 0.484. The van der Waals surface area contributed by atoms with Crippen molar-refractivity contribution in [1.82, 2.24) is 25.1 Å². The van der Waals surface area contributed by atoms with Gasteiger partial charge in [0.2, 0.25) is 0 Å². The second kappa shape index (κ2) is 16.0. The van der Waals surface area contributed by atoms with Gasteiger partial charge in [-0.05, 0) is 65.2 Å². The number of rotatable bonds is 14. The molecule has 12 heteroatoms. The van der Waals surface area contributed by atoms with E-state index < -0.39 is 0 Å². The van der Waals surface area contributed by atoms with Crippen molar-refractivity contribution in [1.29, 1.82) is 0 Å². The highest BCUT2D eigenvalue weighted by molar-refractivity contribution is 7.99. The first-order valence-corrected chi connectivity index (χ1v) is 16.7. The summed E-state index contributed by atoms with van der Waals surface area (Å²) in [6, 6.07) is 34.1. The number of carbonyl (C=O) groups is 2. The van der Waals surface area contributed by atoms with E-state index in [9.17, 15) is 9.59 Å². The van der Waals surface area contributed by atoms with Crippen LogP contribution in [-0.2, 0) is 22.7 Å². The first-order valence-electron chi connectivity index (χ1n) is 15.7. The van der Waals surface area contributed by atoms with Gasteiger partial charge in [-0.3, -0.25) is 9.59 Å². The van der Waals surface area contributed by atoms with E-state index in [4.69, 9.17) is 19.3 Å². The second-order valence-corrected chi connectivity index (χ2v) is 12.1. The first kappa shape index (κ1) is 33.3. The predicted molar refractivity (Wildman–Crippen MR) is 187 cm³/mol. The Labute approximate surface area is 288 Å². The molecule has 1 unspecified atom stereocenters. The van der Waals surface area contributed by atoms with Crippen molar-refractivity contribution in [2.45, 2.75) is 30.7 Å². The Morgan fingerprint density at radius 3 is 2.14 bits per heavy atom. The fourth-order valence-electron chi connectivity index (χ4n) is 5.35. The minimum atomic E-state index is -0.290. The normalized spacial score (nSPS) is 13.9. The van der Waals surface area contributed by atoms with Crippen LogP contribution in [-0.4, -0.2) is 63.9 Å². The fourth-order valence-corrected chi connectivity index (χ4v) is 6.16. The fraction of sp³-hybridized carbons (Fsp3) is 0.216. The standard InChI is InChI=1S/C37H36N6O5S/c1-46-29-17-13-27(14-18-29)32-21-33(28-15-19-30(47-2)20-16-28)43(41-32)36(45)25-49-37-40-39-34(42(37)23-26-9-5-3-6-10-26)22-38-35(44)24-48-31-11-7-4-8-12-31/h3-20,33H,21-25H2,1-2H3,(H,38,44). The molecular formula is C37H36N6O5S. The smallest absolute Gasteiger partial charge is 0.258 e. The topological polar surface area (TPSA) is 120 Å². The summed E-state index contributed by atoms with van der Waals surface area (Å²) in [4.78, 5) is 26.5. The summed E-state index contributed by atoms with van der Waals surface area (Å²) in [6.07, 6.45) is 0.553. The first-order chi connectivity index (χ1) is 24.0. The number of nitrogens with zero attached hydrogens (tertiary/aromatic N) is 5. The predicted octanol–water partition coefficient (Wildman–Crippen LogP) is 5.51. The van der Waals surface area contributed by atoms with Gasteiger partial charge in [-0.15, -0.1) is 10.2 Å². The van der Waals surface area contributed by atoms with Gasteiger partial charge in [0.05, 0.1) is 44.8 Å². The maximum absolute atomic E-state index is 13.9. The Balaban J connectivity index is 1.18. The van der Waals surface area contributed by atoms with Crippen LogP contribution in [0.1, 0.15) is 35.0 Å². The Bertz CT molecular complexity index is 1880. The van der Waals surface area contributed by atoms with E-state index in [0.717, 1.165) is 33.9 Å². The molecule has 0 bridgehead atoms. The summed E-state index contributed by atoms with van der Waals surface area (Å²) in [5.41, 5.74) is 3.71. The lowest BCUT2D eigenvalue weighted by Crippen LogP contribution is -2.30. The van der Waals surface area contributed by atoms with E-state index >= 15 is 0 Å². The van der Waals surface area contributed by atoms with E-state index in [-0.39, 0.29) is 36.8 Å². The molecule has 1 aliphatic rings. The van der Waals surface area contributed by atoms with Gasteiger partial charge in [0.15, 0.2) is 17.6 Å². The van der Waals surface area contributed by atoms with Gasteiger partial charge in [0, 0.05) is 6.42 Å². The van der Waals surface area contributed by atoms with E-state index in [2.05, 4.69) is 15.5 Å². The lowest BCUT2D eigenvalue weighted by atomic mass is 9.98. The molecule has 0 fully saturated rings. The highest BCUT2D eigenvalue weighted by atomic mass is 32.2. The second-order valence-electron chi connectivity index (χ2n) is 11.1. The van der Waals surface area contributed by atoms with Gasteiger partial charge in [-0.2, -0.15) is 5.10 Å². The number of carbonyl (C=O) groups excluding carboxylic acids is 2. The average molecular weight is 677 g/mol. The van der Waals surface area contributed by atoms with Crippen molar-refractivity contribution in [3.05, 3.63) is 132 Å². The van der Waals surface area contributed by atoms with Crippen LogP contribution < -0.4 is 19.5 Å². The molecule has 6 rings (SSSR count). The Kier molecular flexibility index (Phi) is 10.9. The molecule has 0 saturated heterocycles. The molecule has 1 aliphatic heterocycles. The zero-order chi connectivity index (χ0) is 34.0. The largest absolute Gasteiger partial charge is 0.497 e. The summed E-state index contributed by atoms with van der Waals surface area (Å²) in [5.74, 6) is 2.28. The van der Waals surface area contributed by atoms with Gasteiger partial charge >= 0.3 is 0 Å². The van der Waals surface area contributed by atoms with E-state index in [1.165, 1.54) is 11.8 Å². The minimum Gasteiger partial charge on any atom is -0.497 e. The van der Waals surface area contributed by atoms with Crippen LogP contribution >= 0.6 is 11.8 Å². The highest BCUT2D eigenvalue weighted by Gasteiger charge is 2.33. The SMILES string of the molecule is COc1ccc(C2=NN(C(=O)CSc3nnc(CNC(=O)COc4ccccc4)n3Cc3ccccc3)C(c3ccc(OC)cc3)C2)cc1. The summed E-state index contributed by atoms with van der Waals surface area (Å²) >= 11 is 1.28. The Morgan fingerprint density at radius 2 is 1.47 bits per heavy atom. The van der Waals surface area contributed by atoms with Crippen LogP contribution in [0.5, 0.6) is 17.2 Å². The van der Waals surface area contributed by atoms with Crippen LogP contribution in [0, 0.1) is 0 Å². The summed E-state index contributed by atoms with van der Waals surface area (Å²) < 4.78 is 18.2. The van der Waals surface area contributed by atoms with Crippen LogP contribution in [0.2, 0.25) is 0 Å². The highest BCUT2D eigenvalue weighted by Crippen LogP contribution is 2.35. The molecule has 1 aromatic heterocycles. The van der Waals surface area contributed by atoms with Crippen molar-refractivity contribution in [2.24, 2.45) is 5.10 Å².